The molecule has 0 bridgehead atoms. The standard InChI is InChI=1S/C9H16O3/c1-3-12-7(2)6-9(4-5-9)8(10)11/h7H,3-6H2,1-2H3,(H,10,11). The van der Waals surface area contributed by atoms with Crippen LogP contribution in [0.2, 0.25) is 0 Å². The zero-order chi connectivity index (χ0) is 9.19. The number of ether oxygens (including phenoxy) is 1. The monoisotopic (exact) mass is 172 g/mol. The Kier molecular flexibility index (Phi) is 2.73. The Balaban J connectivity index is 2.35. The molecule has 1 fully saturated rings. The zero-order valence-electron chi connectivity index (χ0n) is 7.67. The van der Waals surface area contributed by atoms with Crippen LogP contribution in [-0.4, -0.2) is 23.8 Å². The van der Waals surface area contributed by atoms with E-state index in [1.54, 1.807) is 0 Å². The van der Waals surface area contributed by atoms with E-state index in [1.165, 1.54) is 0 Å². The highest BCUT2D eigenvalue weighted by Crippen LogP contribution is 2.50. The van der Waals surface area contributed by atoms with Crippen LogP contribution >= 0.6 is 0 Å². The lowest BCUT2D eigenvalue weighted by Crippen LogP contribution is -2.22. The Morgan fingerprint density at radius 3 is 2.58 bits per heavy atom. The molecule has 1 aliphatic carbocycles. The van der Waals surface area contributed by atoms with Crippen molar-refractivity contribution in [1.29, 1.82) is 0 Å². The van der Waals surface area contributed by atoms with Gasteiger partial charge in [0, 0.05) is 6.61 Å². The van der Waals surface area contributed by atoms with Crippen molar-refractivity contribution in [3.63, 3.8) is 0 Å². The van der Waals surface area contributed by atoms with Crippen LogP contribution in [0.3, 0.4) is 0 Å². The second-order valence-corrected chi connectivity index (χ2v) is 3.56. The number of carboxylic acids is 1. The maximum absolute atomic E-state index is 10.8. The summed E-state index contributed by atoms with van der Waals surface area (Å²) in [5.41, 5.74) is -0.436. The van der Waals surface area contributed by atoms with Gasteiger partial charge in [0.2, 0.25) is 0 Å². The smallest absolute Gasteiger partial charge is 0.309 e. The molecule has 0 saturated heterocycles. The van der Waals surface area contributed by atoms with Crippen molar-refractivity contribution in [2.45, 2.75) is 39.2 Å². The average Bonchev–Trinajstić information content (AvgIpc) is 2.69. The number of hydrogen-bond donors (Lipinski definition) is 1. The second kappa shape index (κ2) is 3.44. The number of aliphatic carboxylic acids is 1. The fourth-order valence-electron chi connectivity index (χ4n) is 1.55. The van der Waals surface area contributed by atoms with Crippen molar-refractivity contribution in [2.24, 2.45) is 5.41 Å². The summed E-state index contributed by atoms with van der Waals surface area (Å²) in [5.74, 6) is -0.658. The fourth-order valence-corrected chi connectivity index (χ4v) is 1.55. The van der Waals surface area contributed by atoms with Gasteiger partial charge in [-0.25, -0.2) is 0 Å². The third-order valence-corrected chi connectivity index (χ3v) is 2.44. The summed E-state index contributed by atoms with van der Waals surface area (Å²) in [6.45, 7) is 4.53. The van der Waals surface area contributed by atoms with Crippen LogP contribution in [0.4, 0.5) is 0 Å². The van der Waals surface area contributed by atoms with Gasteiger partial charge in [0.25, 0.3) is 0 Å². The number of carbonyl (C=O) groups is 1. The molecule has 70 valence electrons. The molecular formula is C9H16O3. The maximum Gasteiger partial charge on any atom is 0.309 e. The Labute approximate surface area is 72.7 Å². The predicted molar refractivity (Wildman–Crippen MR) is 45.0 cm³/mol. The van der Waals surface area contributed by atoms with Crippen LogP contribution in [0.1, 0.15) is 33.1 Å². The SMILES string of the molecule is CCOC(C)CC1(C(=O)O)CC1. The van der Waals surface area contributed by atoms with E-state index < -0.39 is 11.4 Å². The van der Waals surface area contributed by atoms with Crippen molar-refractivity contribution in [3.8, 4) is 0 Å². The Hall–Kier alpha value is -0.570. The summed E-state index contributed by atoms with van der Waals surface area (Å²) in [6.07, 6.45) is 2.38. The molecule has 0 aliphatic heterocycles. The number of carboxylic acid groups (broad SMARTS) is 1. The molecule has 1 N–H and O–H groups in total. The quantitative estimate of drug-likeness (QED) is 0.686. The zero-order valence-corrected chi connectivity index (χ0v) is 7.67. The molecule has 0 spiro atoms. The lowest BCUT2D eigenvalue weighted by atomic mass is 9.99. The Bertz CT molecular complexity index is 173. The topological polar surface area (TPSA) is 46.5 Å². The van der Waals surface area contributed by atoms with Crippen LogP contribution in [0.15, 0.2) is 0 Å². The highest BCUT2D eigenvalue weighted by atomic mass is 16.5. The van der Waals surface area contributed by atoms with E-state index in [1.807, 2.05) is 13.8 Å². The van der Waals surface area contributed by atoms with Gasteiger partial charge in [-0.2, -0.15) is 0 Å². The first-order valence-electron chi connectivity index (χ1n) is 4.46. The lowest BCUT2D eigenvalue weighted by Gasteiger charge is -2.15. The molecule has 0 amide bonds. The van der Waals surface area contributed by atoms with E-state index in [0.717, 1.165) is 12.8 Å². The third kappa shape index (κ3) is 1.97. The first-order valence-corrected chi connectivity index (χ1v) is 4.46. The van der Waals surface area contributed by atoms with Gasteiger partial charge >= 0.3 is 5.97 Å². The molecule has 3 nitrogen and oxygen atoms in total. The van der Waals surface area contributed by atoms with Crippen molar-refractivity contribution in [2.75, 3.05) is 6.61 Å². The van der Waals surface area contributed by atoms with E-state index in [4.69, 9.17) is 9.84 Å². The molecule has 0 radical (unpaired) electrons. The summed E-state index contributed by atoms with van der Waals surface area (Å²) in [4.78, 5) is 10.8. The molecule has 1 rings (SSSR count). The van der Waals surface area contributed by atoms with Gasteiger partial charge in [-0.05, 0) is 33.1 Å². The molecule has 12 heavy (non-hydrogen) atoms. The van der Waals surface area contributed by atoms with Crippen LogP contribution in [0.5, 0.6) is 0 Å². The van der Waals surface area contributed by atoms with E-state index in [-0.39, 0.29) is 6.10 Å². The first kappa shape index (κ1) is 9.52. The number of rotatable bonds is 5. The van der Waals surface area contributed by atoms with Crippen LogP contribution in [0.25, 0.3) is 0 Å². The molecule has 1 atom stereocenters. The third-order valence-electron chi connectivity index (χ3n) is 2.44. The minimum absolute atomic E-state index is 0.0774. The van der Waals surface area contributed by atoms with E-state index in [0.29, 0.717) is 13.0 Å². The Morgan fingerprint density at radius 1 is 1.67 bits per heavy atom. The normalized spacial score (nSPS) is 21.8. The molecule has 0 aromatic rings. The van der Waals surface area contributed by atoms with Gasteiger partial charge in [-0.3, -0.25) is 4.79 Å². The largest absolute Gasteiger partial charge is 0.481 e. The molecule has 0 heterocycles. The van der Waals surface area contributed by atoms with Crippen LogP contribution in [0, 0.1) is 5.41 Å². The van der Waals surface area contributed by atoms with Gasteiger partial charge in [-0.15, -0.1) is 0 Å². The molecule has 1 unspecified atom stereocenters. The summed E-state index contributed by atoms with van der Waals surface area (Å²) >= 11 is 0. The summed E-state index contributed by atoms with van der Waals surface area (Å²) < 4.78 is 5.30. The van der Waals surface area contributed by atoms with Gasteiger partial charge in [0.15, 0.2) is 0 Å². The fraction of sp³-hybridized carbons (Fsp3) is 0.889. The van der Waals surface area contributed by atoms with Crippen molar-refractivity contribution >= 4 is 5.97 Å². The first-order chi connectivity index (χ1) is 5.60. The average molecular weight is 172 g/mol. The van der Waals surface area contributed by atoms with Crippen molar-refractivity contribution < 1.29 is 14.6 Å². The van der Waals surface area contributed by atoms with E-state index in [9.17, 15) is 4.79 Å². The van der Waals surface area contributed by atoms with E-state index >= 15 is 0 Å². The van der Waals surface area contributed by atoms with Gasteiger partial charge in [0.05, 0.1) is 11.5 Å². The number of hydrogen-bond acceptors (Lipinski definition) is 2. The second-order valence-electron chi connectivity index (χ2n) is 3.56. The lowest BCUT2D eigenvalue weighted by molar-refractivity contribution is -0.144. The molecule has 3 heteroatoms. The van der Waals surface area contributed by atoms with Crippen LogP contribution in [-0.2, 0) is 9.53 Å². The van der Waals surface area contributed by atoms with Gasteiger partial charge in [0.1, 0.15) is 0 Å². The van der Waals surface area contributed by atoms with Crippen molar-refractivity contribution in [1.82, 2.24) is 0 Å². The predicted octanol–water partition coefficient (Wildman–Crippen LogP) is 1.67. The minimum Gasteiger partial charge on any atom is -0.481 e. The molecule has 1 aliphatic rings. The Morgan fingerprint density at radius 2 is 2.25 bits per heavy atom. The molecule has 0 aromatic heterocycles. The van der Waals surface area contributed by atoms with E-state index in [2.05, 4.69) is 0 Å². The highest BCUT2D eigenvalue weighted by molar-refractivity contribution is 5.77. The summed E-state index contributed by atoms with van der Waals surface area (Å²) in [6, 6.07) is 0. The van der Waals surface area contributed by atoms with Crippen LogP contribution < -0.4 is 0 Å². The van der Waals surface area contributed by atoms with Gasteiger partial charge in [-0.1, -0.05) is 0 Å². The summed E-state index contributed by atoms with van der Waals surface area (Å²) in [5, 5.41) is 8.87. The molecule has 0 aromatic carbocycles. The maximum atomic E-state index is 10.8. The summed E-state index contributed by atoms with van der Waals surface area (Å²) in [7, 11) is 0. The van der Waals surface area contributed by atoms with Gasteiger partial charge < -0.3 is 9.84 Å². The minimum atomic E-state index is -0.658. The van der Waals surface area contributed by atoms with Crippen molar-refractivity contribution in [3.05, 3.63) is 0 Å². The molecule has 1 saturated carbocycles. The highest BCUT2D eigenvalue weighted by Gasteiger charge is 2.50. The molecular weight excluding hydrogens is 156 g/mol.